The Bertz CT molecular complexity index is 961. The molecule has 25 heavy (non-hydrogen) atoms. The average molecular weight is 349 g/mol. The van der Waals surface area contributed by atoms with Crippen molar-refractivity contribution in [3.05, 3.63) is 82.9 Å². The fourth-order valence-corrected chi connectivity index (χ4v) is 2.68. The molecular formula is C20H13ClN2O2. The molecule has 2 N–H and O–H groups in total. The van der Waals surface area contributed by atoms with E-state index in [0.29, 0.717) is 21.8 Å². The lowest BCUT2D eigenvalue weighted by atomic mass is 10.0. The third-order valence-electron chi connectivity index (χ3n) is 3.69. The van der Waals surface area contributed by atoms with Crippen LogP contribution in [-0.4, -0.2) is 11.0 Å². The summed E-state index contributed by atoms with van der Waals surface area (Å²) in [6, 6.07) is 20.7. The van der Waals surface area contributed by atoms with Gasteiger partial charge in [-0.05, 0) is 42.0 Å². The Labute approximate surface area is 149 Å². The van der Waals surface area contributed by atoms with E-state index in [1.165, 1.54) is 12.1 Å². The number of amides is 1. The molecule has 0 atom stereocenters. The summed E-state index contributed by atoms with van der Waals surface area (Å²) in [7, 11) is 0. The number of carbonyl (C=O) groups excluding carboxylic acids is 1. The van der Waals surface area contributed by atoms with Crippen LogP contribution in [0.15, 0.2) is 66.7 Å². The van der Waals surface area contributed by atoms with Crippen molar-refractivity contribution >= 4 is 23.2 Å². The molecule has 122 valence electrons. The monoisotopic (exact) mass is 348 g/mol. The van der Waals surface area contributed by atoms with Gasteiger partial charge in [-0.1, -0.05) is 41.9 Å². The summed E-state index contributed by atoms with van der Waals surface area (Å²) in [5, 5.41) is 22.1. The highest BCUT2D eigenvalue weighted by Gasteiger charge is 2.16. The van der Waals surface area contributed by atoms with Crippen molar-refractivity contribution in [2.24, 2.45) is 0 Å². The molecule has 0 unspecified atom stereocenters. The summed E-state index contributed by atoms with van der Waals surface area (Å²) in [6.45, 7) is 0. The van der Waals surface area contributed by atoms with Gasteiger partial charge in [0.2, 0.25) is 0 Å². The Morgan fingerprint density at radius 2 is 1.72 bits per heavy atom. The van der Waals surface area contributed by atoms with Crippen LogP contribution >= 0.6 is 11.6 Å². The summed E-state index contributed by atoms with van der Waals surface area (Å²) < 4.78 is 0. The van der Waals surface area contributed by atoms with Crippen molar-refractivity contribution in [3.8, 4) is 22.9 Å². The molecule has 0 heterocycles. The van der Waals surface area contributed by atoms with Crippen molar-refractivity contribution in [1.29, 1.82) is 5.26 Å². The third-order valence-corrected chi connectivity index (χ3v) is 4.00. The molecule has 3 aromatic carbocycles. The van der Waals surface area contributed by atoms with Crippen LogP contribution < -0.4 is 5.32 Å². The molecule has 5 heteroatoms. The summed E-state index contributed by atoms with van der Waals surface area (Å²) in [4.78, 5) is 12.4. The predicted molar refractivity (Wildman–Crippen MR) is 97.7 cm³/mol. The largest absolute Gasteiger partial charge is 0.507 e. The van der Waals surface area contributed by atoms with E-state index in [0.717, 1.165) is 5.56 Å². The van der Waals surface area contributed by atoms with Crippen LogP contribution in [0.3, 0.4) is 0 Å². The fourth-order valence-electron chi connectivity index (χ4n) is 2.41. The van der Waals surface area contributed by atoms with E-state index in [1.807, 2.05) is 36.4 Å². The molecule has 4 nitrogen and oxygen atoms in total. The lowest BCUT2D eigenvalue weighted by Crippen LogP contribution is -2.12. The van der Waals surface area contributed by atoms with E-state index in [4.69, 9.17) is 16.9 Å². The van der Waals surface area contributed by atoms with Crippen LogP contribution in [0.25, 0.3) is 11.1 Å². The van der Waals surface area contributed by atoms with Gasteiger partial charge in [0, 0.05) is 16.3 Å². The molecule has 3 rings (SSSR count). The molecule has 0 radical (unpaired) electrons. The number of aromatic hydroxyl groups is 1. The normalized spacial score (nSPS) is 10.1. The summed E-state index contributed by atoms with van der Waals surface area (Å²) >= 11 is 6.30. The Balaban J connectivity index is 1.88. The predicted octanol–water partition coefficient (Wildman–Crippen LogP) is 4.84. The molecule has 0 saturated carbocycles. The molecule has 3 aromatic rings. The first-order valence-corrected chi connectivity index (χ1v) is 7.86. The van der Waals surface area contributed by atoms with Crippen LogP contribution in [0, 0.1) is 11.3 Å². The topological polar surface area (TPSA) is 73.1 Å². The summed E-state index contributed by atoms with van der Waals surface area (Å²) in [5.74, 6) is -0.641. The minimum atomic E-state index is -0.483. The van der Waals surface area contributed by atoms with E-state index in [9.17, 15) is 9.90 Å². The summed E-state index contributed by atoms with van der Waals surface area (Å²) in [6.07, 6.45) is 0. The lowest BCUT2D eigenvalue weighted by molar-refractivity contribution is 0.102. The van der Waals surface area contributed by atoms with Gasteiger partial charge >= 0.3 is 0 Å². The van der Waals surface area contributed by atoms with E-state index in [2.05, 4.69) is 5.32 Å². The zero-order valence-corrected chi connectivity index (χ0v) is 13.8. The first-order chi connectivity index (χ1) is 12.1. The van der Waals surface area contributed by atoms with Gasteiger partial charge in [0.25, 0.3) is 5.91 Å². The zero-order chi connectivity index (χ0) is 17.8. The minimum absolute atomic E-state index is 0.0778. The van der Waals surface area contributed by atoms with Gasteiger partial charge < -0.3 is 10.4 Å². The van der Waals surface area contributed by atoms with Crippen molar-refractivity contribution in [1.82, 2.24) is 0 Å². The highest BCUT2D eigenvalue weighted by Crippen LogP contribution is 2.34. The number of halogens is 1. The van der Waals surface area contributed by atoms with Gasteiger partial charge in [0.1, 0.15) is 5.75 Å². The lowest BCUT2D eigenvalue weighted by Gasteiger charge is -2.11. The molecule has 0 spiro atoms. The number of nitrogens with one attached hydrogen (secondary N) is 1. The van der Waals surface area contributed by atoms with Crippen LogP contribution in [0.2, 0.25) is 5.02 Å². The van der Waals surface area contributed by atoms with Gasteiger partial charge in [-0.2, -0.15) is 5.26 Å². The summed E-state index contributed by atoms with van der Waals surface area (Å²) in [5.41, 5.74) is 2.59. The first-order valence-electron chi connectivity index (χ1n) is 7.48. The van der Waals surface area contributed by atoms with Gasteiger partial charge in [-0.25, -0.2) is 0 Å². The highest BCUT2D eigenvalue weighted by atomic mass is 35.5. The molecule has 0 aliphatic carbocycles. The molecule has 0 fully saturated rings. The zero-order valence-electron chi connectivity index (χ0n) is 13.0. The van der Waals surface area contributed by atoms with E-state index in [1.54, 1.807) is 24.3 Å². The van der Waals surface area contributed by atoms with Crippen molar-refractivity contribution in [3.63, 3.8) is 0 Å². The van der Waals surface area contributed by atoms with Gasteiger partial charge in [0.15, 0.2) is 0 Å². The second-order valence-electron chi connectivity index (χ2n) is 5.36. The number of rotatable bonds is 3. The average Bonchev–Trinajstić information content (AvgIpc) is 2.64. The second kappa shape index (κ2) is 7.08. The van der Waals surface area contributed by atoms with Crippen molar-refractivity contribution in [2.45, 2.75) is 0 Å². The van der Waals surface area contributed by atoms with Gasteiger partial charge in [0.05, 0.1) is 17.2 Å². The molecule has 0 saturated heterocycles. The number of nitriles is 1. The standard InChI is InChI=1S/C20H13ClN2O2/c21-18-10-17(19(24)11-16(18)14-4-2-1-3-5-14)20(25)23-15-8-6-13(12-22)7-9-15/h1-11,24H,(H,23,25). The van der Waals surface area contributed by atoms with Crippen LogP contribution in [0.4, 0.5) is 5.69 Å². The number of anilines is 1. The van der Waals surface area contributed by atoms with E-state index < -0.39 is 5.91 Å². The minimum Gasteiger partial charge on any atom is -0.507 e. The second-order valence-corrected chi connectivity index (χ2v) is 5.77. The highest BCUT2D eigenvalue weighted by molar-refractivity contribution is 6.34. The Morgan fingerprint density at radius 3 is 2.36 bits per heavy atom. The maximum atomic E-state index is 12.4. The fraction of sp³-hybridized carbons (Fsp3) is 0. The van der Waals surface area contributed by atoms with Gasteiger partial charge in [-0.3, -0.25) is 4.79 Å². The van der Waals surface area contributed by atoms with Crippen molar-refractivity contribution < 1.29 is 9.90 Å². The number of hydrogen-bond acceptors (Lipinski definition) is 3. The van der Waals surface area contributed by atoms with E-state index in [-0.39, 0.29) is 11.3 Å². The maximum Gasteiger partial charge on any atom is 0.259 e. The molecule has 0 aliphatic rings. The quantitative estimate of drug-likeness (QED) is 0.711. The van der Waals surface area contributed by atoms with Gasteiger partial charge in [-0.15, -0.1) is 0 Å². The number of nitrogens with zero attached hydrogens (tertiary/aromatic N) is 1. The first kappa shape index (κ1) is 16.6. The number of hydrogen-bond donors (Lipinski definition) is 2. The van der Waals surface area contributed by atoms with Crippen LogP contribution in [-0.2, 0) is 0 Å². The number of phenols is 1. The molecule has 0 aromatic heterocycles. The Kier molecular flexibility index (Phi) is 4.69. The van der Waals surface area contributed by atoms with Crippen LogP contribution in [0.1, 0.15) is 15.9 Å². The van der Waals surface area contributed by atoms with Crippen LogP contribution in [0.5, 0.6) is 5.75 Å². The number of phenolic OH excluding ortho intramolecular Hbond substituents is 1. The smallest absolute Gasteiger partial charge is 0.259 e. The van der Waals surface area contributed by atoms with E-state index >= 15 is 0 Å². The molecular weight excluding hydrogens is 336 g/mol. The Hall–Kier alpha value is -3.29. The SMILES string of the molecule is N#Cc1ccc(NC(=O)c2cc(Cl)c(-c3ccccc3)cc2O)cc1. The molecule has 1 amide bonds. The number of benzene rings is 3. The third kappa shape index (κ3) is 3.63. The molecule has 0 aliphatic heterocycles. The molecule has 0 bridgehead atoms. The van der Waals surface area contributed by atoms with Crippen molar-refractivity contribution in [2.75, 3.05) is 5.32 Å². The maximum absolute atomic E-state index is 12.4. The Morgan fingerprint density at radius 1 is 1.04 bits per heavy atom. The number of carbonyl (C=O) groups is 1.